The first-order chi connectivity index (χ1) is 13.5. The molecule has 10 heteroatoms. The van der Waals surface area contributed by atoms with Crippen molar-refractivity contribution >= 4 is 28.9 Å². The lowest BCUT2D eigenvalue weighted by atomic mass is 9.48. The summed E-state index contributed by atoms with van der Waals surface area (Å²) in [5.74, 6) is -3.05. The van der Waals surface area contributed by atoms with Crippen LogP contribution in [-0.2, 0) is 31.7 Å². The van der Waals surface area contributed by atoms with Gasteiger partial charge in [-0.1, -0.05) is 18.2 Å². The molecule has 29 heavy (non-hydrogen) atoms. The van der Waals surface area contributed by atoms with E-state index in [0.717, 1.165) is 37.0 Å². The standard InChI is InChI=1S/C13H18F2O6S.C6H6S/c14-10(15)22(18,19)21-11(16)20-7-12-2-8-1-9(3-12)5-13(17,4-8)6-12;7-6-4-2-1-3-5-6/h8-10,17H,1-7H2;1-5,7H/p+1. The van der Waals surface area contributed by atoms with Crippen molar-refractivity contribution in [2.75, 3.05) is 6.61 Å². The minimum absolute atomic E-state index is 0.111. The molecule has 1 N–H and O–H groups in total. The molecule has 4 aliphatic rings. The molecule has 0 heterocycles. The summed E-state index contributed by atoms with van der Waals surface area (Å²) in [6.45, 7) is -0.111. The second-order valence-corrected chi connectivity index (χ2v) is 10.5. The van der Waals surface area contributed by atoms with Gasteiger partial charge in [0.15, 0.2) is 0 Å². The summed E-state index contributed by atoms with van der Waals surface area (Å²) < 4.78 is 54.3. The molecule has 162 valence electrons. The number of hydrogen-bond acceptors (Lipinski definition) is 6. The predicted octanol–water partition coefficient (Wildman–Crippen LogP) is 3.08. The van der Waals surface area contributed by atoms with Gasteiger partial charge in [0.05, 0.1) is 5.60 Å². The van der Waals surface area contributed by atoms with Gasteiger partial charge in [0.2, 0.25) is 0 Å². The normalized spacial score (nSPS) is 32.4. The Kier molecular flexibility index (Phi) is 6.45. The van der Waals surface area contributed by atoms with Crippen molar-refractivity contribution in [1.82, 2.24) is 0 Å². The van der Waals surface area contributed by atoms with Gasteiger partial charge >= 0.3 is 22.0 Å². The van der Waals surface area contributed by atoms with Gasteiger partial charge in [-0.05, 0) is 75.1 Å². The van der Waals surface area contributed by atoms with Crippen LogP contribution in [-0.4, -0.2) is 37.6 Å². The highest BCUT2D eigenvalue weighted by molar-refractivity contribution is 7.87. The summed E-state index contributed by atoms with van der Waals surface area (Å²) in [5.41, 5.74) is -1.14. The van der Waals surface area contributed by atoms with E-state index in [1.54, 1.807) is 0 Å². The summed E-state index contributed by atoms with van der Waals surface area (Å²) >= 11 is 3.36. The van der Waals surface area contributed by atoms with Crippen molar-refractivity contribution < 1.29 is 36.0 Å². The number of carbonyl (C=O) groups is 1. The van der Waals surface area contributed by atoms with Crippen molar-refractivity contribution in [3.05, 3.63) is 30.3 Å². The first-order valence-electron chi connectivity index (χ1n) is 9.38. The molecule has 4 saturated carbocycles. The van der Waals surface area contributed by atoms with E-state index in [4.69, 9.17) is 4.74 Å². The molecule has 2 unspecified atom stereocenters. The zero-order valence-corrected chi connectivity index (χ0v) is 17.5. The Morgan fingerprint density at radius 2 is 1.76 bits per heavy atom. The highest BCUT2D eigenvalue weighted by Gasteiger charge is 2.57. The average Bonchev–Trinajstić information content (AvgIpc) is 2.59. The van der Waals surface area contributed by atoms with Crippen molar-refractivity contribution in [3.8, 4) is 0 Å². The summed E-state index contributed by atoms with van der Waals surface area (Å²) in [6, 6.07) is 9.96. The number of hydrogen-bond donors (Lipinski definition) is 1. The molecule has 0 saturated heterocycles. The Hall–Kier alpha value is -1.39. The molecule has 1 aromatic carbocycles. The number of halogens is 2. The third kappa shape index (κ3) is 5.61. The van der Waals surface area contributed by atoms with Crippen LogP contribution in [0, 0.1) is 17.3 Å². The van der Waals surface area contributed by atoms with Gasteiger partial charge in [-0.25, -0.2) is 4.79 Å². The maximum absolute atomic E-state index is 12.1. The van der Waals surface area contributed by atoms with Crippen LogP contribution >= 0.6 is 0 Å². The first kappa shape index (κ1) is 22.3. The van der Waals surface area contributed by atoms with Crippen molar-refractivity contribution in [1.29, 1.82) is 0 Å². The fourth-order valence-electron chi connectivity index (χ4n) is 5.38. The van der Waals surface area contributed by atoms with Crippen molar-refractivity contribution in [2.45, 2.75) is 54.8 Å². The van der Waals surface area contributed by atoms with E-state index < -0.39 is 33.0 Å². The molecule has 5 rings (SSSR count). The van der Waals surface area contributed by atoms with Crippen LogP contribution in [0.15, 0.2) is 35.2 Å². The van der Waals surface area contributed by atoms with Crippen LogP contribution in [0.2, 0.25) is 0 Å². The van der Waals surface area contributed by atoms with Crippen LogP contribution in [0.1, 0.15) is 38.5 Å². The van der Waals surface area contributed by atoms with Crippen molar-refractivity contribution in [3.63, 3.8) is 0 Å². The Morgan fingerprint density at radius 3 is 2.21 bits per heavy atom. The van der Waals surface area contributed by atoms with E-state index in [-0.39, 0.29) is 6.61 Å². The predicted molar refractivity (Wildman–Crippen MR) is 104 cm³/mol. The number of aliphatic hydroxyl groups is 1. The monoisotopic (exact) mass is 451 g/mol. The third-order valence-corrected chi connectivity index (χ3v) is 6.96. The first-order valence-corrected chi connectivity index (χ1v) is 11.4. The fraction of sp³-hybridized carbons (Fsp3) is 0.632. The van der Waals surface area contributed by atoms with Crippen molar-refractivity contribution in [2.24, 2.45) is 17.3 Å². The summed E-state index contributed by atoms with van der Waals surface area (Å²) in [4.78, 5) is 12.4. The smallest absolute Gasteiger partial charge is 0.433 e. The van der Waals surface area contributed by atoms with Crippen LogP contribution in [0.3, 0.4) is 0 Å². The van der Waals surface area contributed by atoms with Gasteiger partial charge in [0.25, 0.3) is 0 Å². The number of benzene rings is 1. The van der Waals surface area contributed by atoms with Gasteiger partial charge in [0.1, 0.15) is 11.5 Å². The Labute approximate surface area is 174 Å². The molecule has 0 amide bonds. The summed E-state index contributed by atoms with van der Waals surface area (Å²) in [5, 5.41) is 10.5. The van der Waals surface area contributed by atoms with Crippen LogP contribution in [0.4, 0.5) is 13.6 Å². The third-order valence-electron chi connectivity index (χ3n) is 5.82. The van der Waals surface area contributed by atoms with E-state index in [1.807, 2.05) is 30.3 Å². The fourth-order valence-corrected chi connectivity index (χ4v) is 5.88. The number of carbonyl (C=O) groups excluding carboxylic acids is 1. The van der Waals surface area contributed by atoms with Gasteiger partial charge < -0.3 is 14.0 Å². The van der Waals surface area contributed by atoms with Gasteiger partial charge in [-0.3, -0.25) is 0 Å². The second-order valence-electron chi connectivity index (χ2n) is 8.43. The molecule has 4 aliphatic carbocycles. The molecule has 0 aliphatic heterocycles. The second kappa shape index (κ2) is 8.39. The van der Waals surface area contributed by atoms with Crippen LogP contribution in [0.25, 0.3) is 0 Å². The zero-order chi connectivity index (χ0) is 21.3. The molecule has 0 radical (unpaired) electrons. The minimum Gasteiger partial charge on any atom is -0.433 e. The number of rotatable bonds is 4. The zero-order valence-electron chi connectivity index (χ0n) is 15.7. The lowest BCUT2D eigenvalue weighted by Crippen LogP contribution is -2.57. The minimum atomic E-state index is -5.24. The molecule has 0 spiro atoms. The Balaban J connectivity index is 0.000000290. The molecule has 4 fully saturated rings. The topological polar surface area (TPSA) is 89.9 Å². The van der Waals surface area contributed by atoms with E-state index >= 15 is 0 Å². The molecule has 0 aromatic heterocycles. The molecule has 6 nitrogen and oxygen atoms in total. The van der Waals surface area contributed by atoms with E-state index in [9.17, 15) is 27.1 Å². The molecular formula is C19H25F2O6S2+. The van der Waals surface area contributed by atoms with E-state index in [2.05, 4.69) is 16.8 Å². The quantitative estimate of drug-likeness (QED) is 0.430. The molecule has 1 aromatic rings. The maximum atomic E-state index is 12.1. The van der Waals surface area contributed by atoms with Gasteiger partial charge in [-0.2, -0.15) is 17.2 Å². The van der Waals surface area contributed by atoms with Gasteiger partial charge in [0, 0.05) is 5.41 Å². The SMILES string of the molecule is O=C(OCC12CC3CC(CC(O)(C3)C1)C2)OS(=O)(=O)C(F)F.[SH2+]c1ccccc1. The molecular weight excluding hydrogens is 426 g/mol. The lowest BCUT2D eigenvalue weighted by molar-refractivity contribution is -0.176. The summed E-state index contributed by atoms with van der Waals surface area (Å²) in [7, 11) is -5.24. The lowest BCUT2D eigenvalue weighted by Gasteiger charge is -2.59. The Morgan fingerprint density at radius 1 is 1.17 bits per heavy atom. The van der Waals surface area contributed by atoms with Crippen LogP contribution < -0.4 is 0 Å². The van der Waals surface area contributed by atoms with Crippen LogP contribution in [0.5, 0.6) is 0 Å². The maximum Gasteiger partial charge on any atom is 0.524 e. The van der Waals surface area contributed by atoms with E-state index in [1.165, 1.54) is 0 Å². The van der Waals surface area contributed by atoms with E-state index in [0.29, 0.717) is 18.3 Å². The summed E-state index contributed by atoms with van der Waals surface area (Å²) in [6.07, 6.45) is 2.98. The van der Waals surface area contributed by atoms with Gasteiger partial charge in [-0.15, -0.1) is 0 Å². The number of ether oxygens (including phenoxy) is 1. The average molecular weight is 452 g/mol. The Bertz CT molecular complexity index is 816. The molecule has 4 bridgehead atoms. The number of alkyl halides is 2. The highest BCUT2D eigenvalue weighted by Crippen LogP contribution is 2.61. The highest BCUT2D eigenvalue weighted by atomic mass is 32.2. The molecule has 2 atom stereocenters. The largest absolute Gasteiger partial charge is 0.524 e.